The van der Waals surface area contributed by atoms with Crippen LogP contribution >= 0.6 is 0 Å². The van der Waals surface area contributed by atoms with E-state index in [2.05, 4.69) is 0 Å². The van der Waals surface area contributed by atoms with Gasteiger partial charge in [0.15, 0.2) is 0 Å². The van der Waals surface area contributed by atoms with Crippen LogP contribution < -0.4 is 0 Å². The van der Waals surface area contributed by atoms with Crippen molar-refractivity contribution in [2.45, 2.75) is 37.1 Å². The molecule has 2 aliphatic rings. The van der Waals surface area contributed by atoms with Crippen molar-refractivity contribution in [1.29, 1.82) is 0 Å². The van der Waals surface area contributed by atoms with Crippen molar-refractivity contribution in [1.82, 2.24) is 0 Å². The first-order valence-corrected chi connectivity index (χ1v) is 6.50. The lowest BCUT2D eigenvalue weighted by molar-refractivity contribution is 0.0648. The quantitative estimate of drug-likeness (QED) is 0.457. The molecule has 2 atom stereocenters. The highest BCUT2D eigenvalue weighted by molar-refractivity contribution is 6.37. The summed E-state index contributed by atoms with van der Waals surface area (Å²) in [5.41, 5.74) is 0.688. The summed E-state index contributed by atoms with van der Waals surface area (Å²) in [6.07, 6.45) is 4.65. The second-order valence-electron chi connectivity index (χ2n) is 3.52. The Bertz CT molecular complexity index is 119. The van der Waals surface area contributed by atoms with Crippen LogP contribution in [-0.4, -0.2) is 34.6 Å². The normalized spacial score (nSPS) is 38.2. The van der Waals surface area contributed by atoms with Gasteiger partial charge in [0, 0.05) is 12.3 Å². The van der Waals surface area contributed by atoms with E-state index in [1.807, 2.05) is 0 Å². The molecule has 0 radical (unpaired) electrons. The summed E-state index contributed by atoms with van der Waals surface area (Å²) in [6, 6.07) is 1.35. The molecule has 3 heteroatoms. The van der Waals surface area contributed by atoms with E-state index >= 15 is 0 Å². The third kappa shape index (κ3) is 2.58. The average Bonchev–Trinajstić information content (AvgIpc) is 2.86. The van der Waals surface area contributed by atoms with Crippen LogP contribution in [0.3, 0.4) is 0 Å². The van der Waals surface area contributed by atoms with Crippen molar-refractivity contribution in [2.24, 2.45) is 0 Å². The molecule has 0 N–H and O–H groups in total. The Morgan fingerprint density at radius 3 is 2.82 bits per heavy atom. The Labute approximate surface area is 70.1 Å². The number of rotatable bonds is 3. The predicted octanol–water partition coefficient (Wildman–Crippen LogP) is 0.499. The largest absolute Gasteiger partial charge is 0.382 e. The molecule has 0 spiro atoms. The van der Waals surface area contributed by atoms with Gasteiger partial charge in [0.25, 0.3) is 0 Å². The van der Waals surface area contributed by atoms with E-state index in [0.717, 1.165) is 13.2 Å². The molecule has 0 amide bonds. The zero-order chi connectivity index (χ0) is 7.52. The SMILES string of the molecule is C1CCC([SiH2]CC2CO2)OC1. The summed E-state index contributed by atoms with van der Waals surface area (Å²) in [5, 5.41) is 0. The van der Waals surface area contributed by atoms with E-state index in [1.54, 1.807) is 0 Å². The Hall–Kier alpha value is 0.137. The van der Waals surface area contributed by atoms with Crippen LogP contribution in [0.2, 0.25) is 6.04 Å². The summed E-state index contributed by atoms with van der Waals surface area (Å²) in [6.45, 7) is 2.04. The molecular formula is C8H16O2Si. The van der Waals surface area contributed by atoms with Gasteiger partial charge in [0.1, 0.15) is 0 Å². The molecule has 0 saturated carbocycles. The molecule has 2 heterocycles. The van der Waals surface area contributed by atoms with E-state index in [9.17, 15) is 0 Å². The minimum atomic E-state index is 0.0333. The second kappa shape index (κ2) is 3.69. The Balaban J connectivity index is 1.59. The summed E-state index contributed by atoms with van der Waals surface area (Å²) in [7, 11) is 0.0333. The van der Waals surface area contributed by atoms with E-state index in [4.69, 9.17) is 9.47 Å². The first kappa shape index (κ1) is 7.77. The van der Waals surface area contributed by atoms with Crippen molar-refractivity contribution in [2.75, 3.05) is 13.2 Å². The standard InChI is InChI=1S/C8H16O2Si/c1-2-4-9-8(3-1)11-6-7-5-10-7/h7-8H,1-6,11H2. The summed E-state index contributed by atoms with van der Waals surface area (Å²) in [4.78, 5) is 0. The first-order valence-electron chi connectivity index (χ1n) is 4.68. The highest BCUT2D eigenvalue weighted by Crippen LogP contribution is 2.18. The van der Waals surface area contributed by atoms with Crippen LogP contribution in [0.25, 0.3) is 0 Å². The van der Waals surface area contributed by atoms with Gasteiger partial charge in [-0.05, 0) is 25.3 Å². The van der Waals surface area contributed by atoms with E-state index in [1.165, 1.54) is 25.3 Å². The molecule has 0 aromatic carbocycles. The van der Waals surface area contributed by atoms with Crippen LogP contribution in [0.1, 0.15) is 19.3 Å². The van der Waals surface area contributed by atoms with Crippen LogP contribution in [0.15, 0.2) is 0 Å². The van der Waals surface area contributed by atoms with Crippen LogP contribution in [0, 0.1) is 0 Å². The first-order chi connectivity index (χ1) is 5.45. The van der Waals surface area contributed by atoms with E-state index in [-0.39, 0.29) is 9.52 Å². The molecule has 2 aliphatic heterocycles. The maximum atomic E-state index is 5.66. The van der Waals surface area contributed by atoms with Crippen molar-refractivity contribution >= 4 is 9.52 Å². The molecule has 0 bridgehead atoms. The topological polar surface area (TPSA) is 21.8 Å². The summed E-state index contributed by atoms with van der Waals surface area (Å²) < 4.78 is 10.8. The van der Waals surface area contributed by atoms with Gasteiger partial charge in [-0.3, -0.25) is 0 Å². The molecule has 0 aromatic rings. The molecule has 0 aliphatic carbocycles. The van der Waals surface area contributed by atoms with Crippen LogP contribution in [0.4, 0.5) is 0 Å². The molecule has 2 saturated heterocycles. The average molecular weight is 172 g/mol. The summed E-state index contributed by atoms with van der Waals surface area (Å²) in [5.74, 6) is 0. The molecule has 11 heavy (non-hydrogen) atoms. The van der Waals surface area contributed by atoms with Gasteiger partial charge < -0.3 is 9.47 Å². The zero-order valence-electron chi connectivity index (χ0n) is 6.92. The highest BCUT2D eigenvalue weighted by Gasteiger charge is 2.24. The van der Waals surface area contributed by atoms with Gasteiger partial charge in [-0.2, -0.15) is 0 Å². The smallest absolute Gasteiger partial charge is 0.0782 e. The Morgan fingerprint density at radius 1 is 1.27 bits per heavy atom. The lowest BCUT2D eigenvalue weighted by Crippen LogP contribution is -2.26. The molecule has 2 rings (SSSR count). The minimum absolute atomic E-state index is 0.0333. The maximum Gasteiger partial charge on any atom is 0.0782 e. The Morgan fingerprint density at radius 2 is 2.18 bits per heavy atom. The van der Waals surface area contributed by atoms with Crippen LogP contribution in [-0.2, 0) is 9.47 Å². The van der Waals surface area contributed by atoms with Gasteiger partial charge in [-0.25, -0.2) is 0 Å². The van der Waals surface area contributed by atoms with E-state index in [0.29, 0.717) is 11.8 Å². The van der Waals surface area contributed by atoms with Gasteiger partial charge in [-0.15, -0.1) is 0 Å². The second-order valence-corrected chi connectivity index (χ2v) is 5.59. The van der Waals surface area contributed by atoms with Crippen molar-refractivity contribution in [3.8, 4) is 0 Å². The zero-order valence-corrected chi connectivity index (χ0v) is 8.34. The molecule has 64 valence electrons. The van der Waals surface area contributed by atoms with Gasteiger partial charge in [-0.1, -0.05) is 0 Å². The molecule has 2 fully saturated rings. The molecule has 2 nitrogen and oxygen atoms in total. The number of hydrogen-bond acceptors (Lipinski definition) is 2. The van der Waals surface area contributed by atoms with Gasteiger partial charge in [0.05, 0.1) is 22.2 Å². The van der Waals surface area contributed by atoms with Crippen molar-refractivity contribution in [3.63, 3.8) is 0 Å². The lowest BCUT2D eigenvalue weighted by atomic mass is 10.2. The fourth-order valence-electron chi connectivity index (χ4n) is 1.64. The minimum Gasteiger partial charge on any atom is -0.382 e. The number of hydrogen-bond donors (Lipinski definition) is 0. The lowest BCUT2D eigenvalue weighted by Gasteiger charge is -2.21. The molecular weight excluding hydrogens is 156 g/mol. The fourth-order valence-corrected chi connectivity index (χ4v) is 3.63. The van der Waals surface area contributed by atoms with Crippen LogP contribution in [0.5, 0.6) is 0 Å². The van der Waals surface area contributed by atoms with Crippen molar-refractivity contribution in [3.05, 3.63) is 0 Å². The van der Waals surface area contributed by atoms with E-state index < -0.39 is 0 Å². The van der Waals surface area contributed by atoms with Crippen molar-refractivity contribution < 1.29 is 9.47 Å². The monoisotopic (exact) mass is 172 g/mol. The predicted molar refractivity (Wildman–Crippen MR) is 46.7 cm³/mol. The van der Waals surface area contributed by atoms with Gasteiger partial charge >= 0.3 is 0 Å². The third-order valence-corrected chi connectivity index (χ3v) is 4.75. The maximum absolute atomic E-state index is 5.66. The summed E-state index contributed by atoms with van der Waals surface area (Å²) >= 11 is 0. The number of ether oxygens (including phenoxy) is 2. The highest BCUT2D eigenvalue weighted by atomic mass is 28.2. The Kier molecular flexibility index (Phi) is 2.61. The third-order valence-electron chi connectivity index (χ3n) is 2.49. The number of epoxide rings is 1. The molecule has 0 aromatic heterocycles. The van der Waals surface area contributed by atoms with Gasteiger partial charge in [0.2, 0.25) is 0 Å². The molecule has 2 unspecified atom stereocenters. The fraction of sp³-hybridized carbons (Fsp3) is 1.00.